The fourth-order valence-electron chi connectivity index (χ4n) is 4.10. The van der Waals surface area contributed by atoms with Crippen LogP contribution in [0.1, 0.15) is 33.6 Å². The molecule has 1 amide bonds. The fraction of sp³-hybridized carbons (Fsp3) is 0.370. The van der Waals surface area contributed by atoms with Gasteiger partial charge in [-0.05, 0) is 33.6 Å². The van der Waals surface area contributed by atoms with Crippen molar-refractivity contribution in [1.29, 1.82) is 0 Å². The van der Waals surface area contributed by atoms with Gasteiger partial charge in [-0.2, -0.15) is 0 Å². The molecule has 0 aliphatic carbocycles. The molecule has 2 aromatic carbocycles. The van der Waals surface area contributed by atoms with Crippen molar-refractivity contribution in [2.45, 2.75) is 45.3 Å². The van der Waals surface area contributed by atoms with Gasteiger partial charge in [0, 0.05) is 37.3 Å². The van der Waals surface area contributed by atoms with Crippen LogP contribution in [-0.4, -0.2) is 52.7 Å². The van der Waals surface area contributed by atoms with E-state index >= 15 is 0 Å². The Morgan fingerprint density at radius 1 is 0.939 bits per heavy atom. The van der Waals surface area contributed by atoms with Crippen LogP contribution in [0.5, 0.6) is 0 Å². The molecule has 0 unspecified atom stereocenters. The number of benzene rings is 2. The first-order valence-electron chi connectivity index (χ1n) is 11.5. The van der Waals surface area contributed by atoms with Crippen molar-refractivity contribution in [3.8, 4) is 22.5 Å². The van der Waals surface area contributed by atoms with Gasteiger partial charge in [-0.15, -0.1) is 0 Å². The van der Waals surface area contributed by atoms with E-state index in [2.05, 4.69) is 29.2 Å². The van der Waals surface area contributed by atoms with Crippen molar-refractivity contribution < 1.29 is 9.53 Å². The summed E-state index contributed by atoms with van der Waals surface area (Å²) in [5.74, 6) is 0.868. The highest BCUT2D eigenvalue weighted by atomic mass is 16.6. The second kappa shape index (κ2) is 9.61. The maximum Gasteiger partial charge on any atom is 0.410 e. The number of carbonyl (C=O) groups is 1. The largest absolute Gasteiger partial charge is 0.444 e. The van der Waals surface area contributed by atoms with Crippen LogP contribution in [0, 0.1) is 0 Å². The minimum atomic E-state index is -0.490. The Morgan fingerprint density at radius 3 is 2.03 bits per heavy atom. The third kappa shape index (κ3) is 5.51. The van der Waals surface area contributed by atoms with E-state index < -0.39 is 5.60 Å². The van der Waals surface area contributed by atoms with E-state index in [4.69, 9.17) is 14.7 Å². The third-order valence-corrected chi connectivity index (χ3v) is 5.87. The zero-order valence-corrected chi connectivity index (χ0v) is 19.9. The van der Waals surface area contributed by atoms with E-state index in [0.29, 0.717) is 0 Å². The summed E-state index contributed by atoms with van der Waals surface area (Å²) in [5.41, 5.74) is 3.37. The summed E-state index contributed by atoms with van der Waals surface area (Å²) in [7, 11) is 1.83. The number of piperidine rings is 1. The Balaban J connectivity index is 1.53. The number of hydrogen-bond acceptors (Lipinski definition) is 5. The standard InChI is InChI=1S/C27H32N4O2/c1-27(2,3)33-26(32)30(4)22-15-17-31(18-16-22)23-19-28-24(20-11-7-5-8-12-20)25(29-23)21-13-9-6-10-14-21/h5-14,19,22H,15-18H2,1-4H3. The summed E-state index contributed by atoms with van der Waals surface area (Å²) in [5, 5.41) is 0. The first-order chi connectivity index (χ1) is 15.8. The Morgan fingerprint density at radius 2 is 1.48 bits per heavy atom. The molecule has 0 N–H and O–H groups in total. The summed E-state index contributed by atoms with van der Waals surface area (Å²) in [6.07, 6.45) is 3.32. The average molecular weight is 445 g/mol. The highest BCUT2D eigenvalue weighted by Crippen LogP contribution is 2.31. The van der Waals surface area contributed by atoms with Crippen molar-refractivity contribution in [3.05, 3.63) is 66.9 Å². The molecule has 4 rings (SSSR count). The normalized spacial score (nSPS) is 14.7. The molecule has 172 valence electrons. The van der Waals surface area contributed by atoms with Crippen molar-refractivity contribution in [2.75, 3.05) is 25.0 Å². The summed E-state index contributed by atoms with van der Waals surface area (Å²) < 4.78 is 5.54. The number of hydrogen-bond donors (Lipinski definition) is 0. The van der Waals surface area contributed by atoms with Crippen LogP contribution in [0.2, 0.25) is 0 Å². The lowest BCUT2D eigenvalue weighted by molar-refractivity contribution is 0.0201. The first kappa shape index (κ1) is 22.8. The topological polar surface area (TPSA) is 58.6 Å². The van der Waals surface area contributed by atoms with Gasteiger partial charge in [-0.25, -0.2) is 9.78 Å². The molecule has 1 saturated heterocycles. The molecule has 3 aromatic rings. The maximum absolute atomic E-state index is 12.5. The highest BCUT2D eigenvalue weighted by molar-refractivity contribution is 5.78. The molecule has 1 aliphatic heterocycles. The quantitative estimate of drug-likeness (QED) is 0.521. The molecule has 0 atom stereocenters. The molecule has 33 heavy (non-hydrogen) atoms. The van der Waals surface area contributed by atoms with Gasteiger partial charge in [0.2, 0.25) is 0 Å². The fourth-order valence-corrected chi connectivity index (χ4v) is 4.10. The molecule has 1 fully saturated rings. The van der Waals surface area contributed by atoms with Crippen LogP contribution in [0.25, 0.3) is 22.5 Å². The molecular formula is C27H32N4O2. The average Bonchev–Trinajstić information content (AvgIpc) is 2.83. The number of rotatable bonds is 4. The van der Waals surface area contributed by atoms with Crippen LogP contribution in [0.15, 0.2) is 66.9 Å². The van der Waals surface area contributed by atoms with Crippen LogP contribution in [0.4, 0.5) is 10.6 Å². The molecule has 1 aliphatic rings. The molecular weight excluding hydrogens is 412 g/mol. The molecule has 2 heterocycles. The van der Waals surface area contributed by atoms with Crippen molar-refractivity contribution in [3.63, 3.8) is 0 Å². The lowest BCUT2D eigenvalue weighted by Crippen LogP contribution is -2.47. The number of carbonyl (C=O) groups excluding carboxylic acids is 1. The Hall–Kier alpha value is -3.41. The summed E-state index contributed by atoms with van der Waals surface area (Å²) in [6, 6.07) is 20.5. The van der Waals surface area contributed by atoms with E-state index in [1.165, 1.54) is 0 Å². The van der Waals surface area contributed by atoms with Gasteiger partial charge in [0.25, 0.3) is 0 Å². The second-order valence-electron chi connectivity index (χ2n) is 9.47. The van der Waals surface area contributed by atoms with Gasteiger partial charge in [0.15, 0.2) is 0 Å². The van der Waals surface area contributed by atoms with Crippen LogP contribution in [-0.2, 0) is 4.74 Å². The third-order valence-electron chi connectivity index (χ3n) is 5.87. The van der Waals surface area contributed by atoms with Gasteiger partial charge < -0.3 is 14.5 Å². The summed E-state index contributed by atoms with van der Waals surface area (Å²) in [4.78, 5) is 26.3. The highest BCUT2D eigenvalue weighted by Gasteiger charge is 2.29. The number of anilines is 1. The molecule has 0 saturated carbocycles. The van der Waals surface area contributed by atoms with E-state index in [9.17, 15) is 4.79 Å². The zero-order chi connectivity index (χ0) is 23.4. The minimum absolute atomic E-state index is 0.154. The monoisotopic (exact) mass is 444 g/mol. The Labute approximate surface area is 196 Å². The van der Waals surface area contributed by atoms with E-state index in [-0.39, 0.29) is 12.1 Å². The van der Waals surface area contributed by atoms with Gasteiger partial charge >= 0.3 is 6.09 Å². The molecule has 6 nitrogen and oxygen atoms in total. The van der Waals surface area contributed by atoms with Crippen LogP contribution < -0.4 is 4.90 Å². The lowest BCUT2D eigenvalue weighted by Gasteiger charge is -2.37. The predicted molar refractivity (Wildman–Crippen MR) is 132 cm³/mol. The van der Waals surface area contributed by atoms with Gasteiger partial charge in [-0.1, -0.05) is 60.7 Å². The van der Waals surface area contributed by atoms with E-state index in [1.54, 1.807) is 4.90 Å². The Kier molecular flexibility index (Phi) is 6.63. The van der Waals surface area contributed by atoms with Gasteiger partial charge in [0.05, 0.1) is 17.6 Å². The van der Waals surface area contributed by atoms with Gasteiger partial charge in [-0.3, -0.25) is 4.98 Å². The molecule has 0 spiro atoms. The van der Waals surface area contributed by atoms with Crippen LogP contribution >= 0.6 is 0 Å². The number of ether oxygens (including phenoxy) is 1. The smallest absolute Gasteiger partial charge is 0.410 e. The Bertz CT molecular complexity index is 1070. The predicted octanol–water partition coefficient (Wildman–Crippen LogP) is 5.65. The van der Waals surface area contributed by atoms with E-state index in [0.717, 1.165) is 54.3 Å². The second-order valence-corrected chi connectivity index (χ2v) is 9.47. The summed E-state index contributed by atoms with van der Waals surface area (Å²) in [6.45, 7) is 7.30. The molecule has 0 bridgehead atoms. The molecule has 1 aromatic heterocycles. The van der Waals surface area contributed by atoms with Crippen LogP contribution in [0.3, 0.4) is 0 Å². The van der Waals surface area contributed by atoms with E-state index in [1.807, 2.05) is 70.4 Å². The molecule has 0 radical (unpaired) electrons. The minimum Gasteiger partial charge on any atom is -0.444 e. The van der Waals surface area contributed by atoms with Crippen molar-refractivity contribution in [2.24, 2.45) is 0 Å². The molecule has 6 heteroatoms. The lowest BCUT2D eigenvalue weighted by atomic mass is 10.0. The van der Waals surface area contributed by atoms with Crippen molar-refractivity contribution in [1.82, 2.24) is 14.9 Å². The van der Waals surface area contributed by atoms with Gasteiger partial charge in [0.1, 0.15) is 11.4 Å². The summed E-state index contributed by atoms with van der Waals surface area (Å²) >= 11 is 0. The number of aromatic nitrogens is 2. The number of amides is 1. The number of nitrogens with zero attached hydrogens (tertiary/aromatic N) is 4. The SMILES string of the molecule is CN(C(=O)OC(C)(C)C)C1CCN(c2cnc(-c3ccccc3)c(-c3ccccc3)n2)CC1. The maximum atomic E-state index is 12.5. The zero-order valence-electron chi connectivity index (χ0n) is 19.9. The van der Waals surface area contributed by atoms with Crippen molar-refractivity contribution >= 4 is 11.9 Å². The first-order valence-corrected chi connectivity index (χ1v) is 11.5.